The largest absolute Gasteiger partial charge is 0.487 e. The maximum Gasteiger partial charge on any atom is 0.258 e. The van der Waals surface area contributed by atoms with Crippen LogP contribution in [0.1, 0.15) is 25.0 Å². The molecule has 1 N–H and O–H groups in total. The van der Waals surface area contributed by atoms with E-state index >= 15 is 0 Å². The maximum atomic E-state index is 12.6. The van der Waals surface area contributed by atoms with Gasteiger partial charge in [0.15, 0.2) is 0 Å². The zero-order valence-electron chi connectivity index (χ0n) is 17.1. The van der Waals surface area contributed by atoms with Gasteiger partial charge in [-0.15, -0.1) is 0 Å². The highest BCUT2D eigenvalue weighted by molar-refractivity contribution is 6.30. The van der Waals surface area contributed by atoms with Gasteiger partial charge in [-0.2, -0.15) is 0 Å². The van der Waals surface area contributed by atoms with Crippen molar-refractivity contribution in [1.82, 2.24) is 19.9 Å². The molecule has 3 aromatic heterocycles. The smallest absolute Gasteiger partial charge is 0.258 e. The zero-order chi connectivity index (χ0) is 21.3. The normalized spacial score (nSPS) is 20.5. The summed E-state index contributed by atoms with van der Waals surface area (Å²) in [6.07, 6.45) is 8.67. The monoisotopic (exact) mass is 437 g/mol. The maximum absolute atomic E-state index is 12.6. The predicted molar refractivity (Wildman–Crippen MR) is 120 cm³/mol. The number of aromatic nitrogens is 3. The van der Waals surface area contributed by atoms with Gasteiger partial charge in [0, 0.05) is 37.1 Å². The van der Waals surface area contributed by atoms with E-state index in [1.54, 1.807) is 41.4 Å². The number of anilines is 1. The van der Waals surface area contributed by atoms with Gasteiger partial charge in [-0.25, -0.2) is 4.98 Å². The lowest BCUT2D eigenvalue weighted by Crippen LogP contribution is -2.42. The quantitative estimate of drug-likeness (QED) is 0.661. The minimum absolute atomic E-state index is 0.175. The molecule has 2 fully saturated rings. The van der Waals surface area contributed by atoms with Crippen molar-refractivity contribution in [2.24, 2.45) is 0 Å². The first-order valence-corrected chi connectivity index (χ1v) is 10.9. The van der Waals surface area contributed by atoms with Crippen molar-refractivity contribution in [3.63, 3.8) is 0 Å². The van der Waals surface area contributed by atoms with Crippen molar-refractivity contribution >= 4 is 17.4 Å². The molecule has 0 amide bonds. The van der Waals surface area contributed by atoms with E-state index in [9.17, 15) is 4.79 Å². The number of pyridine rings is 3. The van der Waals surface area contributed by atoms with E-state index < -0.39 is 0 Å². The average molecular weight is 438 g/mol. The van der Waals surface area contributed by atoms with Crippen LogP contribution < -0.4 is 20.5 Å². The lowest BCUT2D eigenvalue weighted by Gasteiger charge is -2.24. The van der Waals surface area contributed by atoms with Crippen molar-refractivity contribution in [1.29, 1.82) is 0 Å². The van der Waals surface area contributed by atoms with E-state index in [4.69, 9.17) is 16.3 Å². The first-order chi connectivity index (χ1) is 15.1. The van der Waals surface area contributed by atoms with Crippen molar-refractivity contribution in [3.8, 4) is 11.4 Å². The van der Waals surface area contributed by atoms with Crippen molar-refractivity contribution in [2.45, 2.75) is 31.4 Å². The Morgan fingerprint density at radius 1 is 1.13 bits per heavy atom. The summed E-state index contributed by atoms with van der Waals surface area (Å²) in [6.45, 7) is 3.38. The molecule has 1 unspecified atom stereocenters. The summed E-state index contributed by atoms with van der Waals surface area (Å²) in [5.74, 6) is 1.45. The molecule has 2 aliphatic rings. The highest BCUT2D eigenvalue weighted by Gasteiger charge is 2.40. The van der Waals surface area contributed by atoms with Crippen molar-refractivity contribution < 1.29 is 4.74 Å². The minimum atomic E-state index is -0.175. The van der Waals surface area contributed by atoms with E-state index in [1.165, 1.54) is 18.9 Å². The first kappa shape index (κ1) is 20.0. The molecule has 5 rings (SSSR count). The summed E-state index contributed by atoms with van der Waals surface area (Å²) in [7, 11) is 0. The number of hydrogen-bond acceptors (Lipinski definition) is 6. The third-order valence-electron chi connectivity index (χ3n) is 6.09. The van der Waals surface area contributed by atoms with Gasteiger partial charge in [0.2, 0.25) is 0 Å². The Hall–Kier alpha value is -2.90. The molecule has 0 aliphatic carbocycles. The van der Waals surface area contributed by atoms with Crippen LogP contribution in [0.25, 0.3) is 5.69 Å². The van der Waals surface area contributed by atoms with E-state index in [-0.39, 0.29) is 17.7 Å². The molecule has 0 bridgehead atoms. The Morgan fingerprint density at radius 2 is 2.06 bits per heavy atom. The van der Waals surface area contributed by atoms with Crippen LogP contribution in [0.5, 0.6) is 5.75 Å². The number of nitrogens with zero attached hydrogens (tertiary/aromatic N) is 4. The summed E-state index contributed by atoms with van der Waals surface area (Å²) < 4.78 is 7.25. The van der Waals surface area contributed by atoms with Gasteiger partial charge < -0.3 is 15.0 Å². The number of halogens is 1. The fraction of sp³-hybridized carbons (Fsp3) is 0.348. The molecule has 2 aliphatic heterocycles. The van der Waals surface area contributed by atoms with E-state index in [2.05, 4.69) is 20.2 Å². The first-order valence-electron chi connectivity index (χ1n) is 10.5. The Kier molecular flexibility index (Phi) is 5.38. The summed E-state index contributed by atoms with van der Waals surface area (Å²) >= 11 is 5.84. The number of nitrogens with one attached hydrogen (secondary N) is 1. The molecule has 0 radical (unpaired) electrons. The van der Waals surface area contributed by atoms with Crippen LogP contribution >= 0.6 is 11.6 Å². The molecule has 2 saturated heterocycles. The van der Waals surface area contributed by atoms with Gasteiger partial charge in [0.25, 0.3) is 5.56 Å². The van der Waals surface area contributed by atoms with E-state index in [1.807, 2.05) is 12.1 Å². The lowest BCUT2D eigenvalue weighted by atomic mass is 9.97. The molecular formula is C23H24ClN5O2. The summed E-state index contributed by atoms with van der Waals surface area (Å²) in [5.41, 5.74) is 1.55. The molecule has 8 heteroatoms. The summed E-state index contributed by atoms with van der Waals surface area (Å²) in [5, 5.41) is 4.24. The Bertz CT molecular complexity index is 1110. The van der Waals surface area contributed by atoms with Gasteiger partial charge in [0.05, 0.1) is 22.6 Å². The molecule has 31 heavy (non-hydrogen) atoms. The number of hydrogen-bond donors (Lipinski definition) is 1. The average Bonchev–Trinajstić information content (AvgIpc) is 3.43. The van der Waals surface area contributed by atoms with Crippen LogP contribution in [0.2, 0.25) is 5.02 Å². The Labute approximate surface area is 185 Å². The molecule has 3 aromatic rings. The van der Waals surface area contributed by atoms with Crippen LogP contribution in [0.4, 0.5) is 5.82 Å². The zero-order valence-corrected chi connectivity index (χ0v) is 17.9. The molecule has 160 valence electrons. The molecular weight excluding hydrogens is 414 g/mol. The van der Waals surface area contributed by atoms with Crippen molar-refractivity contribution in [3.05, 3.63) is 76.1 Å². The Balaban J connectivity index is 1.26. The topological polar surface area (TPSA) is 72.3 Å². The fourth-order valence-electron chi connectivity index (χ4n) is 4.41. The molecule has 0 aromatic carbocycles. The third-order valence-corrected chi connectivity index (χ3v) is 6.31. The predicted octanol–water partition coefficient (Wildman–Crippen LogP) is 3.19. The lowest BCUT2D eigenvalue weighted by molar-refractivity contribution is 0.300. The second-order valence-corrected chi connectivity index (χ2v) is 8.62. The van der Waals surface area contributed by atoms with E-state index in [0.717, 1.165) is 43.3 Å². The molecule has 0 saturated carbocycles. The third kappa shape index (κ3) is 4.29. The summed E-state index contributed by atoms with van der Waals surface area (Å²) in [4.78, 5) is 23.8. The van der Waals surface area contributed by atoms with Gasteiger partial charge in [-0.3, -0.25) is 14.3 Å². The highest BCUT2D eigenvalue weighted by atomic mass is 35.5. The van der Waals surface area contributed by atoms with Crippen molar-refractivity contribution in [2.75, 3.05) is 24.5 Å². The molecule has 1 spiro atoms. The second kappa shape index (κ2) is 8.32. The number of ether oxygens (including phenoxy) is 1. The van der Waals surface area contributed by atoms with Crippen LogP contribution in [0.3, 0.4) is 0 Å². The second-order valence-electron chi connectivity index (χ2n) is 8.18. The molecule has 7 nitrogen and oxygen atoms in total. The minimum Gasteiger partial charge on any atom is -0.487 e. The van der Waals surface area contributed by atoms with Crippen LogP contribution in [0, 0.1) is 0 Å². The Morgan fingerprint density at radius 3 is 2.77 bits per heavy atom. The fourth-order valence-corrected chi connectivity index (χ4v) is 4.52. The van der Waals surface area contributed by atoms with Gasteiger partial charge in [-0.1, -0.05) is 11.6 Å². The summed E-state index contributed by atoms with van der Waals surface area (Å²) in [6, 6.07) is 10.7. The highest BCUT2D eigenvalue weighted by Crippen LogP contribution is 2.32. The van der Waals surface area contributed by atoms with Gasteiger partial charge in [0.1, 0.15) is 18.2 Å². The van der Waals surface area contributed by atoms with Gasteiger partial charge in [-0.05, 0) is 56.1 Å². The molecule has 1 atom stereocenters. The van der Waals surface area contributed by atoms with Crippen LogP contribution in [-0.2, 0) is 6.61 Å². The van der Waals surface area contributed by atoms with E-state index in [0.29, 0.717) is 10.8 Å². The van der Waals surface area contributed by atoms with Crippen LogP contribution in [-0.4, -0.2) is 39.7 Å². The standard InChI is InChI=1S/C23H24ClN5O2/c24-17-2-3-18(25-13-17)15-31-20-6-10-29(22(30)12-20)19-4-5-21(26-14-19)28-11-8-23(16-28)7-1-9-27-23/h2-6,10,12-14,27H,1,7-9,11,15-16H2. The SMILES string of the molecule is O=c1cc(OCc2ccc(Cl)cn2)ccn1-c1ccc(N2CCC3(CCCN3)C2)nc1. The molecule has 5 heterocycles. The van der Waals surface area contributed by atoms with Gasteiger partial charge >= 0.3 is 0 Å². The number of rotatable bonds is 5. The van der Waals surface area contributed by atoms with Crippen LogP contribution in [0.15, 0.2) is 59.8 Å².